The average Bonchev–Trinajstić information content (AvgIpc) is 2.28. The third kappa shape index (κ3) is 3.79. The lowest BCUT2D eigenvalue weighted by Gasteiger charge is -2.12. The number of carbonyl (C=O) groups excluding carboxylic acids is 1. The van der Waals surface area contributed by atoms with Gasteiger partial charge in [0.15, 0.2) is 0 Å². The van der Waals surface area contributed by atoms with Crippen LogP contribution in [0.1, 0.15) is 26.2 Å². The van der Waals surface area contributed by atoms with Gasteiger partial charge < -0.3 is 11.1 Å². The molecule has 3 N–H and O–H groups in total. The zero-order valence-electron chi connectivity index (χ0n) is 9.24. The van der Waals surface area contributed by atoms with Crippen molar-refractivity contribution in [2.45, 2.75) is 32.2 Å². The van der Waals surface area contributed by atoms with Crippen LogP contribution in [0.15, 0.2) is 18.5 Å². The standard InChI is InChI=1S/C11H16ClN3O/c1-2-3-4-9(13)11(16)15-10-7-14-6-5-8(10)12/h5-7,9H,2-4,13H2,1H3,(H,15,16)/t9-/m0/s1. The Kier molecular flexibility index (Phi) is 5.22. The van der Waals surface area contributed by atoms with Gasteiger partial charge in [-0.1, -0.05) is 31.4 Å². The average molecular weight is 242 g/mol. The molecular weight excluding hydrogens is 226 g/mol. The monoisotopic (exact) mass is 241 g/mol. The Labute approximate surface area is 100 Å². The number of aromatic nitrogens is 1. The zero-order valence-corrected chi connectivity index (χ0v) is 10.00. The highest BCUT2D eigenvalue weighted by Gasteiger charge is 2.13. The van der Waals surface area contributed by atoms with Crippen LogP contribution >= 0.6 is 11.6 Å². The molecule has 0 unspecified atom stereocenters. The lowest BCUT2D eigenvalue weighted by atomic mass is 10.1. The first-order valence-corrected chi connectivity index (χ1v) is 5.69. The van der Waals surface area contributed by atoms with Crippen molar-refractivity contribution in [3.8, 4) is 0 Å². The van der Waals surface area contributed by atoms with Crippen molar-refractivity contribution in [2.75, 3.05) is 5.32 Å². The van der Waals surface area contributed by atoms with Crippen LogP contribution in [-0.4, -0.2) is 16.9 Å². The molecule has 5 heteroatoms. The molecule has 1 rings (SSSR count). The van der Waals surface area contributed by atoms with E-state index >= 15 is 0 Å². The predicted molar refractivity (Wildman–Crippen MR) is 65.4 cm³/mol. The number of nitrogens with two attached hydrogens (primary N) is 1. The first-order chi connectivity index (χ1) is 7.65. The molecule has 0 aliphatic rings. The molecule has 0 saturated carbocycles. The summed E-state index contributed by atoms with van der Waals surface area (Å²) >= 11 is 5.88. The van der Waals surface area contributed by atoms with Gasteiger partial charge in [0.05, 0.1) is 22.9 Å². The Morgan fingerprint density at radius 2 is 2.44 bits per heavy atom. The van der Waals surface area contributed by atoms with E-state index in [4.69, 9.17) is 17.3 Å². The Balaban J connectivity index is 2.54. The van der Waals surface area contributed by atoms with E-state index < -0.39 is 6.04 Å². The lowest BCUT2D eigenvalue weighted by Crippen LogP contribution is -2.35. The lowest BCUT2D eigenvalue weighted by molar-refractivity contribution is -0.117. The quantitative estimate of drug-likeness (QED) is 0.830. The van der Waals surface area contributed by atoms with Crippen molar-refractivity contribution in [3.05, 3.63) is 23.5 Å². The van der Waals surface area contributed by atoms with Crippen LogP contribution in [0.2, 0.25) is 5.02 Å². The summed E-state index contributed by atoms with van der Waals surface area (Å²) in [4.78, 5) is 15.5. The molecule has 1 atom stereocenters. The Morgan fingerprint density at radius 1 is 1.69 bits per heavy atom. The predicted octanol–water partition coefficient (Wildman–Crippen LogP) is 2.19. The first-order valence-electron chi connectivity index (χ1n) is 5.31. The van der Waals surface area contributed by atoms with Gasteiger partial charge in [0.25, 0.3) is 0 Å². The molecular formula is C11H16ClN3O. The number of rotatable bonds is 5. The fourth-order valence-corrected chi connectivity index (χ4v) is 1.40. The molecule has 0 spiro atoms. The summed E-state index contributed by atoms with van der Waals surface area (Å²) in [5, 5.41) is 3.12. The fourth-order valence-electron chi connectivity index (χ4n) is 1.25. The minimum atomic E-state index is -0.490. The number of anilines is 1. The maximum atomic E-state index is 11.6. The smallest absolute Gasteiger partial charge is 0.241 e. The second-order valence-corrected chi connectivity index (χ2v) is 4.00. The molecule has 0 saturated heterocycles. The molecule has 0 aliphatic heterocycles. The van der Waals surface area contributed by atoms with Crippen molar-refractivity contribution in [1.82, 2.24) is 4.98 Å². The summed E-state index contributed by atoms with van der Waals surface area (Å²) in [6.45, 7) is 2.06. The largest absolute Gasteiger partial charge is 0.322 e. The van der Waals surface area contributed by atoms with Gasteiger partial charge >= 0.3 is 0 Å². The molecule has 0 fully saturated rings. The maximum absolute atomic E-state index is 11.6. The number of unbranched alkanes of at least 4 members (excludes halogenated alkanes) is 1. The molecule has 16 heavy (non-hydrogen) atoms. The molecule has 1 aromatic rings. The topological polar surface area (TPSA) is 68.0 Å². The first kappa shape index (κ1) is 12.9. The molecule has 1 amide bonds. The SMILES string of the molecule is CCCC[C@H](N)C(=O)Nc1cnccc1Cl. The van der Waals surface area contributed by atoms with Crippen molar-refractivity contribution < 1.29 is 4.79 Å². The third-order valence-corrected chi connectivity index (χ3v) is 2.56. The molecule has 88 valence electrons. The second kappa shape index (κ2) is 6.45. The Bertz CT molecular complexity index is 357. The van der Waals surface area contributed by atoms with Gasteiger partial charge in [0.2, 0.25) is 5.91 Å². The van der Waals surface area contributed by atoms with Gasteiger partial charge in [-0.3, -0.25) is 9.78 Å². The second-order valence-electron chi connectivity index (χ2n) is 3.59. The van der Waals surface area contributed by atoms with Crippen LogP contribution in [0.3, 0.4) is 0 Å². The van der Waals surface area contributed by atoms with Crippen LogP contribution < -0.4 is 11.1 Å². The number of hydrogen-bond acceptors (Lipinski definition) is 3. The number of hydrogen-bond donors (Lipinski definition) is 2. The van der Waals surface area contributed by atoms with E-state index in [1.165, 1.54) is 6.20 Å². The highest BCUT2D eigenvalue weighted by Crippen LogP contribution is 2.19. The summed E-state index contributed by atoms with van der Waals surface area (Å²) in [5.41, 5.74) is 6.23. The molecule has 0 aromatic carbocycles. The van der Waals surface area contributed by atoms with E-state index in [1.54, 1.807) is 12.3 Å². The zero-order chi connectivity index (χ0) is 12.0. The van der Waals surface area contributed by atoms with E-state index in [0.29, 0.717) is 17.1 Å². The minimum Gasteiger partial charge on any atom is -0.322 e. The molecule has 1 aromatic heterocycles. The number of nitrogens with zero attached hydrogens (tertiary/aromatic N) is 1. The molecule has 0 bridgehead atoms. The van der Waals surface area contributed by atoms with Crippen LogP contribution in [0.25, 0.3) is 0 Å². The minimum absolute atomic E-state index is 0.219. The number of pyridine rings is 1. The van der Waals surface area contributed by atoms with Crippen molar-refractivity contribution in [1.29, 1.82) is 0 Å². The normalized spacial score (nSPS) is 12.2. The van der Waals surface area contributed by atoms with Gasteiger partial charge in [0, 0.05) is 6.20 Å². The number of nitrogens with one attached hydrogen (secondary N) is 1. The van der Waals surface area contributed by atoms with Crippen LogP contribution in [0, 0.1) is 0 Å². The summed E-state index contributed by atoms with van der Waals surface area (Å²) in [5.74, 6) is -0.219. The summed E-state index contributed by atoms with van der Waals surface area (Å²) in [6, 6.07) is 1.13. The highest BCUT2D eigenvalue weighted by atomic mass is 35.5. The van der Waals surface area contributed by atoms with Crippen LogP contribution in [0.5, 0.6) is 0 Å². The number of amides is 1. The van der Waals surface area contributed by atoms with Gasteiger partial charge in [-0.05, 0) is 12.5 Å². The number of carbonyl (C=O) groups is 1. The summed E-state index contributed by atoms with van der Waals surface area (Å²) in [6.07, 6.45) is 5.71. The van der Waals surface area contributed by atoms with Crippen molar-refractivity contribution in [3.63, 3.8) is 0 Å². The van der Waals surface area contributed by atoms with E-state index in [0.717, 1.165) is 12.8 Å². The Morgan fingerprint density at radius 3 is 3.06 bits per heavy atom. The van der Waals surface area contributed by atoms with E-state index in [9.17, 15) is 4.79 Å². The van der Waals surface area contributed by atoms with Gasteiger partial charge in [-0.25, -0.2) is 0 Å². The van der Waals surface area contributed by atoms with Gasteiger partial charge in [0.1, 0.15) is 0 Å². The summed E-state index contributed by atoms with van der Waals surface area (Å²) < 4.78 is 0. The summed E-state index contributed by atoms with van der Waals surface area (Å²) in [7, 11) is 0. The molecule has 4 nitrogen and oxygen atoms in total. The van der Waals surface area contributed by atoms with E-state index in [2.05, 4.69) is 17.2 Å². The molecule has 1 heterocycles. The fraction of sp³-hybridized carbons (Fsp3) is 0.455. The molecule has 0 aliphatic carbocycles. The number of halogens is 1. The maximum Gasteiger partial charge on any atom is 0.241 e. The molecule has 0 radical (unpaired) electrons. The van der Waals surface area contributed by atoms with E-state index in [1.807, 2.05) is 0 Å². The van der Waals surface area contributed by atoms with Crippen LogP contribution in [-0.2, 0) is 4.79 Å². The van der Waals surface area contributed by atoms with Gasteiger partial charge in [-0.15, -0.1) is 0 Å². The third-order valence-electron chi connectivity index (χ3n) is 2.23. The van der Waals surface area contributed by atoms with Gasteiger partial charge in [-0.2, -0.15) is 0 Å². The van der Waals surface area contributed by atoms with Crippen LogP contribution in [0.4, 0.5) is 5.69 Å². The van der Waals surface area contributed by atoms with E-state index in [-0.39, 0.29) is 5.91 Å². The Hall–Kier alpha value is -1.13. The van der Waals surface area contributed by atoms with Crippen molar-refractivity contribution in [2.24, 2.45) is 5.73 Å². The van der Waals surface area contributed by atoms with Crippen molar-refractivity contribution >= 4 is 23.2 Å². The highest BCUT2D eigenvalue weighted by molar-refractivity contribution is 6.33.